The van der Waals surface area contributed by atoms with Gasteiger partial charge in [-0.3, -0.25) is 19.1 Å². The highest BCUT2D eigenvalue weighted by molar-refractivity contribution is 5.97. The van der Waals surface area contributed by atoms with E-state index in [9.17, 15) is 18.0 Å². The van der Waals surface area contributed by atoms with Gasteiger partial charge in [-0.2, -0.15) is 18.2 Å². The quantitative estimate of drug-likeness (QED) is 0.563. The SMILES string of the molecule is Cn1c(C(C)(C)C)cc(=NC(=O)c2cc(C(F)(F)F)ccc2OC2CN(C(C)(C)C)C2)n1CC1CC1. The summed E-state index contributed by atoms with van der Waals surface area (Å²) in [7, 11) is 1.93. The molecule has 2 aliphatic rings. The van der Waals surface area contributed by atoms with E-state index in [1.165, 1.54) is 6.07 Å². The van der Waals surface area contributed by atoms with Crippen molar-refractivity contribution in [2.24, 2.45) is 18.0 Å². The van der Waals surface area contributed by atoms with Crippen LogP contribution in [0.4, 0.5) is 13.2 Å². The van der Waals surface area contributed by atoms with Crippen molar-refractivity contribution in [3.8, 4) is 5.75 Å². The van der Waals surface area contributed by atoms with Crippen LogP contribution in [0, 0.1) is 5.92 Å². The lowest BCUT2D eigenvalue weighted by molar-refractivity contribution is -0.137. The van der Waals surface area contributed by atoms with Crippen molar-refractivity contribution in [1.29, 1.82) is 0 Å². The molecule has 1 aromatic carbocycles. The lowest BCUT2D eigenvalue weighted by Gasteiger charge is -2.47. The molecule has 0 bridgehead atoms. The molecule has 198 valence electrons. The highest BCUT2D eigenvalue weighted by Gasteiger charge is 2.37. The van der Waals surface area contributed by atoms with Gasteiger partial charge in [0.05, 0.1) is 11.1 Å². The van der Waals surface area contributed by atoms with Crippen molar-refractivity contribution in [2.45, 2.75) is 84.2 Å². The molecule has 0 N–H and O–H groups in total. The lowest BCUT2D eigenvalue weighted by Crippen LogP contribution is -2.60. The van der Waals surface area contributed by atoms with E-state index in [0.29, 0.717) is 24.5 Å². The Balaban J connectivity index is 1.71. The first-order chi connectivity index (χ1) is 16.5. The normalized spacial score (nSPS) is 18.4. The van der Waals surface area contributed by atoms with Crippen LogP contribution in [0.25, 0.3) is 0 Å². The molecule has 1 saturated heterocycles. The average Bonchev–Trinajstić information content (AvgIpc) is 3.47. The molecule has 9 heteroatoms. The Morgan fingerprint density at radius 2 is 1.69 bits per heavy atom. The summed E-state index contributed by atoms with van der Waals surface area (Å²) in [6, 6.07) is 4.93. The number of hydrogen-bond donors (Lipinski definition) is 0. The number of likely N-dealkylation sites (tertiary alicyclic amines) is 1. The van der Waals surface area contributed by atoms with E-state index < -0.39 is 17.6 Å². The Hall–Kier alpha value is -2.55. The Kier molecular flexibility index (Phi) is 6.69. The predicted molar refractivity (Wildman–Crippen MR) is 132 cm³/mol. The number of carbonyl (C=O) groups is 1. The predicted octanol–water partition coefficient (Wildman–Crippen LogP) is 5.16. The van der Waals surface area contributed by atoms with Crippen molar-refractivity contribution in [3.63, 3.8) is 0 Å². The van der Waals surface area contributed by atoms with Crippen LogP contribution in [0.2, 0.25) is 0 Å². The highest BCUT2D eigenvalue weighted by Crippen LogP contribution is 2.35. The average molecular weight is 507 g/mol. The number of amides is 1. The minimum atomic E-state index is -4.58. The van der Waals surface area contributed by atoms with Crippen LogP contribution in [0.15, 0.2) is 29.3 Å². The second kappa shape index (κ2) is 9.08. The van der Waals surface area contributed by atoms with Gasteiger partial charge in [0.15, 0.2) is 5.49 Å². The topological polar surface area (TPSA) is 51.8 Å². The van der Waals surface area contributed by atoms with Crippen molar-refractivity contribution in [3.05, 3.63) is 46.6 Å². The van der Waals surface area contributed by atoms with Gasteiger partial charge in [0.2, 0.25) is 0 Å². The number of hydrogen-bond acceptors (Lipinski definition) is 3. The third-order valence-electron chi connectivity index (χ3n) is 6.98. The van der Waals surface area contributed by atoms with Gasteiger partial charge in [0.1, 0.15) is 11.9 Å². The third kappa shape index (κ3) is 5.71. The molecule has 1 saturated carbocycles. The molecule has 2 fully saturated rings. The second-order valence-electron chi connectivity index (χ2n) is 12.1. The second-order valence-corrected chi connectivity index (χ2v) is 12.1. The van der Waals surface area contributed by atoms with Gasteiger partial charge in [0, 0.05) is 49.4 Å². The zero-order chi connectivity index (χ0) is 26.6. The minimum Gasteiger partial charge on any atom is -0.487 e. The number of carbonyl (C=O) groups excluding carboxylic acids is 1. The largest absolute Gasteiger partial charge is 0.487 e. The van der Waals surface area contributed by atoms with Gasteiger partial charge in [0.25, 0.3) is 5.91 Å². The monoisotopic (exact) mass is 506 g/mol. The van der Waals surface area contributed by atoms with Crippen LogP contribution < -0.4 is 10.2 Å². The van der Waals surface area contributed by atoms with Crippen LogP contribution in [0.1, 0.15) is 76.0 Å². The summed E-state index contributed by atoms with van der Waals surface area (Å²) < 4.78 is 50.5. The molecule has 1 amide bonds. The Bertz CT molecular complexity index is 1200. The number of ether oxygens (including phenoxy) is 1. The summed E-state index contributed by atoms with van der Waals surface area (Å²) in [4.78, 5) is 20.0. The molecule has 0 atom stereocenters. The molecule has 6 nitrogen and oxygen atoms in total. The molecule has 0 unspecified atom stereocenters. The molecular formula is C27H37F3N4O2. The lowest BCUT2D eigenvalue weighted by atomic mass is 9.92. The van der Waals surface area contributed by atoms with E-state index in [0.717, 1.165) is 37.2 Å². The van der Waals surface area contributed by atoms with E-state index in [1.54, 1.807) is 0 Å². The zero-order valence-corrected chi connectivity index (χ0v) is 22.2. The summed E-state index contributed by atoms with van der Waals surface area (Å²) >= 11 is 0. The van der Waals surface area contributed by atoms with Gasteiger partial charge in [-0.05, 0) is 57.7 Å². The van der Waals surface area contributed by atoms with Crippen molar-refractivity contribution >= 4 is 5.91 Å². The molecule has 0 radical (unpaired) electrons. The number of alkyl halides is 3. The van der Waals surface area contributed by atoms with Crippen molar-refractivity contribution in [1.82, 2.24) is 14.3 Å². The van der Waals surface area contributed by atoms with Crippen molar-refractivity contribution in [2.75, 3.05) is 13.1 Å². The fourth-order valence-corrected chi connectivity index (χ4v) is 4.51. The molecule has 2 aromatic rings. The fraction of sp³-hybridized carbons (Fsp3) is 0.630. The first-order valence-corrected chi connectivity index (χ1v) is 12.5. The van der Waals surface area contributed by atoms with Crippen LogP contribution in [-0.2, 0) is 25.2 Å². The number of halogens is 3. The van der Waals surface area contributed by atoms with E-state index in [1.807, 2.05) is 22.5 Å². The van der Waals surface area contributed by atoms with E-state index in [2.05, 4.69) is 51.4 Å². The number of benzene rings is 1. The van der Waals surface area contributed by atoms with Crippen LogP contribution in [-0.4, -0.2) is 44.9 Å². The Labute approximate surface area is 210 Å². The maximum absolute atomic E-state index is 13.5. The van der Waals surface area contributed by atoms with Gasteiger partial charge >= 0.3 is 6.18 Å². The summed E-state index contributed by atoms with van der Waals surface area (Å²) in [5, 5.41) is 0. The summed E-state index contributed by atoms with van der Waals surface area (Å²) in [5.41, 5.74) is 0.161. The van der Waals surface area contributed by atoms with E-state index >= 15 is 0 Å². The van der Waals surface area contributed by atoms with E-state index in [4.69, 9.17) is 4.74 Å². The molecule has 1 aliphatic carbocycles. The first-order valence-electron chi connectivity index (χ1n) is 12.5. The number of nitrogens with zero attached hydrogens (tertiary/aromatic N) is 4. The van der Waals surface area contributed by atoms with Crippen LogP contribution >= 0.6 is 0 Å². The van der Waals surface area contributed by atoms with Gasteiger partial charge in [-0.1, -0.05) is 20.8 Å². The van der Waals surface area contributed by atoms with Crippen molar-refractivity contribution < 1.29 is 22.7 Å². The Morgan fingerprint density at radius 3 is 2.22 bits per heavy atom. The maximum atomic E-state index is 13.5. The first kappa shape index (κ1) is 26.5. The minimum absolute atomic E-state index is 0.0266. The smallest absolute Gasteiger partial charge is 0.416 e. The van der Waals surface area contributed by atoms with Crippen LogP contribution in [0.3, 0.4) is 0 Å². The zero-order valence-electron chi connectivity index (χ0n) is 22.2. The summed E-state index contributed by atoms with van der Waals surface area (Å²) in [5.74, 6) is -0.0768. The van der Waals surface area contributed by atoms with E-state index in [-0.39, 0.29) is 28.4 Å². The van der Waals surface area contributed by atoms with Gasteiger partial charge in [-0.25, -0.2) is 0 Å². The van der Waals surface area contributed by atoms with Gasteiger partial charge < -0.3 is 4.74 Å². The third-order valence-corrected chi connectivity index (χ3v) is 6.98. The molecule has 2 heterocycles. The molecule has 1 aliphatic heterocycles. The molecule has 4 rings (SSSR count). The summed E-state index contributed by atoms with van der Waals surface area (Å²) in [6.45, 7) is 14.5. The molecular weight excluding hydrogens is 469 g/mol. The number of rotatable bonds is 5. The maximum Gasteiger partial charge on any atom is 0.416 e. The summed E-state index contributed by atoms with van der Waals surface area (Å²) in [6.07, 6.45) is -2.54. The molecule has 1 aromatic heterocycles. The van der Waals surface area contributed by atoms with Crippen LogP contribution in [0.5, 0.6) is 5.75 Å². The molecule has 36 heavy (non-hydrogen) atoms. The van der Waals surface area contributed by atoms with Gasteiger partial charge in [-0.15, -0.1) is 0 Å². The Morgan fingerprint density at radius 1 is 1.06 bits per heavy atom. The number of aromatic nitrogens is 2. The fourth-order valence-electron chi connectivity index (χ4n) is 4.51. The standard InChI is InChI=1S/C27H37F3N4O2/c1-25(2,3)22-13-23(34(32(22)7)14-17-8-9-17)31-24(35)20-12-18(27(28,29)30)10-11-21(20)36-19-15-33(16-19)26(4,5)6/h10-13,17,19H,8-9,14-16H2,1-7H3. The molecule has 0 spiro atoms. The highest BCUT2D eigenvalue weighted by atomic mass is 19.4.